The van der Waals surface area contributed by atoms with Gasteiger partial charge in [-0.2, -0.15) is 0 Å². The molecule has 0 aromatic carbocycles. The van der Waals surface area contributed by atoms with Crippen molar-refractivity contribution in [3.05, 3.63) is 24.3 Å². The second kappa shape index (κ2) is 5.14. The molecule has 0 aliphatic heterocycles. The van der Waals surface area contributed by atoms with Crippen LogP contribution in [0.4, 0.5) is 0 Å². The van der Waals surface area contributed by atoms with Crippen LogP contribution in [0.25, 0.3) is 0 Å². The monoisotopic (exact) mass is 316 g/mol. The number of Topliss-reactive ketones (excluding diaryl/α,β-unsaturated/α-hetero) is 1. The number of hydrogen-bond donors (Lipinski definition) is 1. The molecule has 6 atom stereocenters. The van der Waals surface area contributed by atoms with Crippen LogP contribution in [0.15, 0.2) is 24.3 Å². The molecule has 1 N–H and O–H groups in total. The highest BCUT2D eigenvalue weighted by Crippen LogP contribution is 2.62. The summed E-state index contributed by atoms with van der Waals surface area (Å²) in [4.78, 5) is 25.4. The molecule has 0 unspecified atom stereocenters. The van der Waals surface area contributed by atoms with Crippen molar-refractivity contribution in [3.63, 3.8) is 0 Å². The fourth-order valence-corrected chi connectivity index (χ4v) is 6.08. The Morgan fingerprint density at radius 3 is 2.52 bits per heavy atom. The SMILES string of the molecule is C=CC1=CC(=O)[C@H]2[C@@H](CC[C@H]3C(C)(C)C(=O)[C@@H](O)C[C@]23C)[C@H]1C. The fourth-order valence-electron chi connectivity index (χ4n) is 6.08. The third-order valence-corrected chi connectivity index (χ3v) is 7.18. The van der Waals surface area contributed by atoms with Crippen LogP contribution in [0.1, 0.15) is 47.0 Å². The van der Waals surface area contributed by atoms with Crippen molar-refractivity contribution in [1.82, 2.24) is 0 Å². The molecule has 3 heteroatoms. The molecule has 3 nitrogen and oxygen atoms in total. The number of carbonyl (C=O) groups is 2. The molecule has 0 aromatic heterocycles. The van der Waals surface area contributed by atoms with Gasteiger partial charge >= 0.3 is 0 Å². The lowest BCUT2D eigenvalue weighted by Crippen LogP contribution is -2.61. The average molecular weight is 316 g/mol. The Bertz CT molecular complexity index is 600. The summed E-state index contributed by atoms with van der Waals surface area (Å²) in [6.45, 7) is 12.0. The summed E-state index contributed by atoms with van der Waals surface area (Å²) in [5.41, 5.74) is 0.155. The molecule has 2 saturated carbocycles. The predicted molar refractivity (Wildman–Crippen MR) is 89.7 cm³/mol. The number of fused-ring (bicyclic) bond motifs is 3. The molecule has 0 radical (unpaired) electrons. The van der Waals surface area contributed by atoms with Crippen LogP contribution in [-0.4, -0.2) is 22.8 Å². The molecule has 0 saturated heterocycles. The van der Waals surface area contributed by atoms with E-state index in [1.165, 1.54) is 0 Å². The zero-order valence-corrected chi connectivity index (χ0v) is 14.6. The number of rotatable bonds is 1. The van der Waals surface area contributed by atoms with Crippen LogP contribution in [0, 0.1) is 34.5 Å². The third kappa shape index (κ3) is 2.12. The Kier molecular flexibility index (Phi) is 3.72. The summed E-state index contributed by atoms with van der Waals surface area (Å²) in [5, 5.41) is 10.4. The van der Waals surface area contributed by atoms with Gasteiger partial charge in [0.05, 0.1) is 0 Å². The quantitative estimate of drug-likeness (QED) is 0.807. The van der Waals surface area contributed by atoms with Crippen molar-refractivity contribution in [3.8, 4) is 0 Å². The Hall–Kier alpha value is -1.22. The first kappa shape index (κ1) is 16.6. The van der Waals surface area contributed by atoms with Crippen LogP contribution in [0.2, 0.25) is 0 Å². The molecule has 3 aliphatic rings. The van der Waals surface area contributed by atoms with Gasteiger partial charge in [0, 0.05) is 11.3 Å². The minimum Gasteiger partial charge on any atom is -0.385 e. The maximum Gasteiger partial charge on any atom is 0.167 e. The van der Waals surface area contributed by atoms with Crippen molar-refractivity contribution in [2.45, 2.75) is 53.1 Å². The molecule has 0 bridgehead atoms. The smallest absolute Gasteiger partial charge is 0.167 e. The van der Waals surface area contributed by atoms with Crippen LogP contribution in [0.5, 0.6) is 0 Å². The van der Waals surface area contributed by atoms with Gasteiger partial charge in [-0.15, -0.1) is 0 Å². The van der Waals surface area contributed by atoms with Crippen LogP contribution in [0.3, 0.4) is 0 Å². The summed E-state index contributed by atoms with van der Waals surface area (Å²) in [5.74, 6) is 0.761. The van der Waals surface area contributed by atoms with Gasteiger partial charge in [-0.1, -0.05) is 40.3 Å². The van der Waals surface area contributed by atoms with Crippen molar-refractivity contribution < 1.29 is 14.7 Å². The first-order valence-electron chi connectivity index (χ1n) is 8.75. The molecule has 126 valence electrons. The van der Waals surface area contributed by atoms with Crippen LogP contribution < -0.4 is 0 Å². The molecule has 0 heterocycles. The Morgan fingerprint density at radius 2 is 1.91 bits per heavy atom. The summed E-state index contributed by atoms with van der Waals surface area (Å²) in [6, 6.07) is 0. The van der Waals surface area contributed by atoms with E-state index in [1.54, 1.807) is 12.2 Å². The molecule has 0 aromatic rings. The standard InChI is InChI=1S/C20H28O3/c1-6-12-9-14(21)17-13(11(12)2)7-8-16-19(3,4)18(23)15(22)10-20(16,17)5/h6,9,11,13,15-17,22H,1,7-8,10H2,2-5H3/t11-,13-,15-,16-,17+,20-/m0/s1. The lowest BCUT2D eigenvalue weighted by Gasteiger charge is -2.60. The molecule has 3 rings (SSSR count). The summed E-state index contributed by atoms with van der Waals surface area (Å²) in [7, 11) is 0. The molecule has 2 fully saturated rings. The lowest BCUT2D eigenvalue weighted by molar-refractivity contribution is -0.173. The van der Waals surface area contributed by atoms with E-state index in [2.05, 4.69) is 20.4 Å². The van der Waals surface area contributed by atoms with Crippen molar-refractivity contribution >= 4 is 11.6 Å². The summed E-state index contributed by atoms with van der Waals surface area (Å²) >= 11 is 0. The normalized spacial score (nSPS) is 45.8. The van der Waals surface area contributed by atoms with Crippen LogP contribution in [-0.2, 0) is 9.59 Å². The van der Waals surface area contributed by atoms with Crippen LogP contribution >= 0.6 is 0 Å². The average Bonchev–Trinajstić information content (AvgIpc) is 2.47. The predicted octanol–water partition coefficient (Wildman–Crippen LogP) is 3.33. The second-order valence-corrected chi connectivity index (χ2v) is 8.62. The zero-order valence-electron chi connectivity index (χ0n) is 14.6. The topological polar surface area (TPSA) is 54.4 Å². The van der Waals surface area contributed by atoms with E-state index >= 15 is 0 Å². The van der Waals surface area contributed by atoms with Gasteiger partial charge in [-0.3, -0.25) is 9.59 Å². The molecule has 3 aliphatic carbocycles. The maximum atomic E-state index is 12.9. The number of ketones is 2. The molecule has 0 spiro atoms. The van der Waals surface area contributed by atoms with Gasteiger partial charge in [0.15, 0.2) is 11.6 Å². The number of allylic oxidation sites excluding steroid dienone is 3. The largest absolute Gasteiger partial charge is 0.385 e. The van der Waals surface area contributed by atoms with E-state index < -0.39 is 11.5 Å². The minimum atomic E-state index is -0.946. The second-order valence-electron chi connectivity index (χ2n) is 8.62. The molecular formula is C20H28O3. The minimum absolute atomic E-state index is 0.0583. The third-order valence-electron chi connectivity index (χ3n) is 7.18. The Labute approximate surface area is 138 Å². The highest BCUT2D eigenvalue weighted by atomic mass is 16.3. The number of carbonyl (C=O) groups excluding carboxylic acids is 2. The number of aliphatic hydroxyl groups is 1. The van der Waals surface area contributed by atoms with Gasteiger partial charge in [-0.25, -0.2) is 0 Å². The maximum absolute atomic E-state index is 12.9. The zero-order chi connectivity index (χ0) is 17.2. The molecule has 0 amide bonds. The lowest BCUT2D eigenvalue weighted by atomic mass is 9.43. The fraction of sp³-hybridized carbons (Fsp3) is 0.700. The molecule has 23 heavy (non-hydrogen) atoms. The van der Waals surface area contributed by atoms with E-state index in [9.17, 15) is 14.7 Å². The number of hydrogen-bond acceptors (Lipinski definition) is 3. The first-order valence-corrected chi connectivity index (χ1v) is 8.75. The first-order chi connectivity index (χ1) is 10.6. The highest BCUT2D eigenvalue weighted by Gasteiger charge is 2.62. The van der Waals surface area contributed by atoms with E-state index in [0.29, 0.717) is 12.3 Å². The van der Waals surface area contributed by atoms with Gasteiger partial charge in [0.25, 0.3) is 0 Å². The van der Waals surface area contributed by atoms with E-state index in [0.717, 1.165) is 18.4 Å². The Morgan fingerprint density at radius 1 is 1.26 bits per heavy atom. The van der Waals surface area contributed by atoms with Gasteiger partial charge in [0.2, 0.25) is 0 Å². The van der Waals surface area contributed by atoms with Gasteiger partial charge in [-0.05, 0) is 54.1 Å². The highest BCUT2D eigenvalue weighted by molar-refractivity contribution is 5.96. The van der Waals surface area contributed by atoms with Crippen molar-refractivity contribution in [1.29, 1.82) is 0 Å². The van der Waals surface area contributed by atoms with E-state index in [4.69, 9.17) is 0 Å². The van der Waals surface area contributed by atoms with Crippen molar-refractivity contribution in [2.75, 3.05) is 0 Å². The summed E-state index contributed by atoms with van der Waals surface area (Å²) in [6.07, 6.45) is 4.94. The van der Waals surface area contributed by atoms with E-state index in [1.807, 2.05) is 13.8 Å². The number of aliphatic hydroxyl groups excluding tert-OH is 1. The van der Waals surface area contributed by atoms with Gasteiger partial charge in [0.1, 0.15) is 6.10 Å². The molecular weight excluding hydrogens is 288 g/mol. The van der Waals surface area contributed by atoms with Crippen molar-refractivity contribution in [2.24, 2.45) is 34.5 Å². The van der Waals surface area contributed by atoms with Gasteiger partial charge < -0.3 is 5.11 Å². The Balaban J connectivity index is 2.08. The van der Waals surface area contributed by atoms with E-state index in [-0.39, 0.29) is 34.7 Å². The summed E-state index contributed by atoms with van der Waals surface area (Å²) < 4.78 is 0.